The number of nitrogens with two attached hydrogens (primary N) is 1. The van der Waals surface area contributed by atoms with Crippen molar-refractivity contribution in [2.75, 3.05) is 39.8 Å². The Morgan fingerprint density at radius 1 is 1.25 bits per heavy atom. The summed E-state index contributed by atoms with van der Waals surface area (Å²) in [6.45, 7) is 5.95. The first-order chi connectivity index (χ1) is 9.66. The molecule has 0 bridgehead atoms. The van der Waals surface area contributed by atoms with Crippen LogP contribution in [0.5, 0.6) is 0 Å². The topological polar surface area (TPSA) is 32.5 Å². The molecular formula is C16H26BrN3. The highest BCUT2D eigenvalue weighted by Gasteiger charge is 2.13. The van der Waals surface area contributed by atoms with E-state index in [1.54, 1.807) is 0 Å². The third kappa shape index (κ3) is 4.85. The van der Waals surface area contributed by atoms with E-state index in [1.165, 1.54) is 38.0 Å². The monoisotopic (exact) mass is 339 g/mol. The van der Waals surface area contributed by atoms with E-state index in [4.69, 9.17) is 5.73 Å². The SMILES string of the molecule is CN(CCC(N)c1ccccc1Br)CCN1CCCC1. The van der Waals surface area contributed by atoms with Gasteiger partial charge in [-0.1, -0.05) is 34.1 Å². The summed E-state index contributed by atoms with van der Waals surface area (Å²) < 4.78 is 1.12. The van der Waals surface area contributed by atoms with Crippen molar-refractivity contribution in [2.45, 2.75) is 25.3 Å². The van der Waals surface area contributed by atoms with E-state index in [0.29, 0.717) is 0 Å². The molecule has 0 aromatic heterocycles. The number of halogens is 1. The Labute approximate surface area is 131 Å². The van der Waals surface area contributed by atoms with Crippen LogP contribution >= 0.6 is 15.9 Å². The third-order valence-corrected chi connectivity index (χ3v) is 4.85. The van der Waals surface area contributed by atoms with Crippen molar-refractivity contribution in [3.8, 4) is 0 Å². The molecule has 0 spiro atoms. The molecule has 1 aromatic rings. The van der Waals surface area contributed by atoms with Crippen LogP contribution in [0.1, 0.15) is 30.9 Å². The van der Waals surface area contributed by atoms with E-state index in [0.717, 1.165) is 24.0 Å². The van der Waals surface area contributed by atoms with E-state index in [1.807, 2.05) is 6.07 Å². The van der Waals surface area contributed by atoms with Gasteiger partial charge in [0.15, 0.2) is 0 Å². The lowest BCUT2D eigenvalue weighted by atomic mass is 10.0. The lowest BCUT2D eigenvalue weighted by Gasteiger charge is -2.23. The first kappa shape index (κ1) is 16.0. The van der Waals surface area contributed by atoms with Crippen molar-refractivity contribution in [2.24, 2.45) is 5.73 Å². The molecule has 0 saturated carbocycles. The Bertz CT molecular complexity index is 404. The minimum Gasteiger partial charge on any atom is -0.324 e. The summed E-state index contributed by atoms with van der Waals surface area (Å²) in [5.74, 6) is 0. The van der Waals surface area contributed by atoms with Crippen molar-refractivity contribution in [1.29, 1.82) is 0 Å². The minimum absolute atomic E-state index is 0.111. The summed E-state index contributed by atoms with van der Waals surface area (Å²) in [5.41, 5.74) is 7.50. The van der Waals surface area contributed by atoms with Gasteiger partial charge < -0.3 is 15.5 Å². The van der Waals surface area contributed by atoms with Gasteiger partial charge in [0, 0.05) is 23.6 Å². The molecule has 1 aliphatic rings. The smallest absolute Gasteiger partial charge is 0.0318 e. The van der Waals surface area contributed by atoms with Crippen LogP contribution in [-0.2, 0) is 0 Å². The number of likely N-dealkylation sites (N-methyl/N-ethyl adjacent to an activating group) is 1. The average molecular weight is 340 g/mol. The molecular weight excluding hydrogens is 314 g/mol. The van der Waals surface area contributed by atoms with Crippen LogP contribution in [0.2, 0.25) is 0 Å². The molecule has 1 fully saturated rings. The van der Waals surface area contributed by atoms with Crippen LogP contribution in [0.15, 0.2) is 28.7 Å². The van der Waals surface area contributed by atoms with Gasteiger partial charge in [0.25, 0.3) is 0 Å². The maximum Gasteiger partial charge on any atom is 0.0318 e. The van der Waals surface area contributed by atoms with Gasteiger partial charge in [-0.2, -0.15) is 0 Å². The van der Waals surface area contributed by atoms with E-state index in [-0.39, 0.29) is 6.04 Å². The second-order valence-corrected chi connectivity index (χ2v) is 6.62. The van der Waals surface area contributed by atoms with Crippen LogP contribution in [0, 0.1) is 0 Å². The van der Waals surface area contributed by atoms with E-state index < -0.39 is 0 Å². The largest absolute Gasteiger partial charge is 0.324 e. The van der Waals surface area contributed by atoms with Gasteiger partial charge in [0.1, 0.15) is 0 Å². The molecule has 1 saturated heterocycles. The van der Waals surface area contributed by atoms with E-state index >= 15 is 0 Å². The number of nitrogens with zero attached hydrogens (tertiary/aromatic N) is 2. The van der Waals surface area contributed by atoms with Gasteiger partial charge in [-0.15, -0.1) is 0 Å². The summed E-state index contributed by atoms with van der Waals surface area (Å²) in [5, 5.41) is 0. The predicted octanol–water partition coefficient (Wildman–Crippen LogP) is 2.87. The third-order valence-electron chi connectivity index (χ3n) is 4.12. The van der Waals surface area contributed by atoms with Gasteiger partial charge in [-0.05, 0) is 57.6 Å². The number of rotatable bonds is 7. The standard InChI is InChI=1S/C16H26BrN3/c1-19(12-13-20-9-4-5-10-20)11-8-16(18)14-6-2-3-7-15(14)17/h2-3,6-7,16H,4-5,8-13,18H2,1H3. The van der Waals surface area contributed by atoms with Crippen molar-refractivity contribution in [1.82, 2.24) is 9.80 Å². The number of hydrogen-bond acceptors (Lipinski definition) is 3. The minimum atomic E-state index is 0.111. The van der Waals surface area contributed by atoms with E-state index in [9.17, 15) is 0 Å². The van der Waals surface area contributed by atoms with Gasteiger partial charge >= 0.3 is 0 Å². The zero-order valence-corrected chi connectivity index (χ0v) is 14.0. The Morgan fingerprint density at radius 2 is 1.95 bits per heavy atom. The van der Waals surface area contributed by atoms with E-state index in [2.05, 4.69) is 51.0 Å². The second-order valence-electron chi connectivity index (χ2n) is 5.77. The van der Waals surface area contributed by atoms with Crippen LogP contribution < -0.4 is 5.73 Å². The van der Waals surface area contributed by atoms with Crippen molar-refractivity contribution in [3.05, 3.63) is 34.3 Å². The number of hydrogen-bond donors (Lipinski definition) is 1. The molecule has 0 radical (unpaired) electrons. The van der Waals surface area contributed by atoms with Crippen LogP contribution in [-0.4, -0.2) is 49.6 Å². The van der Waals surface area contributed by atoms with Crippen LogP contribution in [0.4, 0.5) is 0 Å². The maximum absolute atomic E-state index is 6.30. The zero-order valence-electron chi connectivity index (χ0n) is 12.4. The molecule has 0 amide bonds. The zero-order chi connectivity index (χ0) is 14.4. The second kappa shape index (κ2) is 8.13. The Morgan fingerprint density at radius 3 is 2.65 bits per heavy atom. The molecule has 1 heterocycles. The molecule has 1 aromatic carbocycles. The Kier molecular flexibility index (Phi) is 6.49. The van der Waals surface area contributed by atoms with Gasteiger partial charge in [0.05, 0.1) is 0 Å². The molecule has 1 unspecified atom stereocenters. The molecule has 2 rings (SSSR count). The van der Waals surface area contributed by atoms with Gasteiger partial charge in [0.2, 0.25) is 0 Å². The van der Waals surface area contributed by atoms with Gasteiger partial charge in [-0.3, -0.25) is 0 Å². The molecule has 3 nitrogen and oxygen atoms in total. The molecule has 112 valence electrons. The number of benzene rings is 1. The quantitative estimate of drug-likeness (QED) is 0.828. The molecule has 0 aliphatic carbocycles. The first-order valence-electron chi connectivity index (χ1n) is 7.57. The lowest BCUT2D eigenvalue weighted by molar-refractivity contribution is 0.251. The summed E-state index contributed by atoms with van der Waals surface area (Å²) in [6, 6.07) is 8.37. The Hall–Kier alpha value is -0.420. The first-order valence-corrected chi connectivity index (χ1v) is 8.37. The van der Waals surface area contributed by atoms with Crippen molar-refractivity contribution in [3.63, 3.8) is 0 Å². The normalized spacial score (nSPS) is 17.8. The predicted molar refractivity (Wildman–Crippen MR) is 88.9 cm³/mol. The number of likely N-dealkylation sites (tertiary alicyclic amines) is 1. The molecule has 1 atom stereocenters. The fourth-order valence-electron chi connectivity index (χ4n) is 2.72. The molecule has 2 N–H and O–H groups in total. The van der Waals surface area contributed by atoms with Crippen molar-refractivity contribution >= 4 is 15.9 Å². The summed E-state index contributed by atoms with van der Waals surface area (Å²) in [4.78, 5) is 4.96. The average Bonchev–Trinajstić information content (AvgIpc) is 2.96. The lowest BCUT2D eigenvalue weighted by Crippen LogP contribution is -2.33. The van der Waals surface area contributed by atoms with Crippen LogP contribution in [0.25, 0.3) is 0 Å². The summed E-state index contributed by atoms with van der Waals surface area (Å²) in [6.07, 6.45) is 3.74. The van der Waals surface area contributed by atoms with Gasteiger partial charge in [-0.25, -0.2) is 0 Å². The summed E-state index contributed by atoms with van der Waals surface area (Å²) in [7, 11) is 2.20. The molecule has 1 aliphatic heterocycles. The highest BCUT2D eigenvalue weighted by molar-refractivity contribution is 9.10. The summed E-state index contributed by atoms with van der Waals surface area (Å²) >= 11 is 3.58. The highest BCUT2D eigenvalue weighted by Crippen LogP contribution is 2.23. The molecule has 20 heavy (non-hydrogen) atoms. The van der Waals surface area contributed by atoms with Crippen LogP contribution in [0.3, 0.4) is 0 Å². The highest BCUT2D eigenvalue weighted by atomic mass is 79.9. The van der Waals surface area contributed by atoms with Crippen molar-refractivity contribution < 1.29 is 0 Å². The Balaban J connectivity index is 1.69. The molecule has 4 heteroatoms. The fourth-order valence-corrected chi connectivity index (χ4v) is 3.30. The maximum atomic E-state index is 6.30. The fraction of sp³-hybridized carbons (Fsp3) is 0.625.